The Kier molecular flexibility index (Phi) is 9.14. The quantitative estimate of drug-likeness (QED) is 0.235. The maximum absolute atomic E-state index is 15.5. The van der Waals surface area contributed by atoms with Gasteiger partial charge in [0.2, 0.25) is 0 Å². The van der Waals surface area contributed by atoms with Crippen molar-refractivity contribution in [3.8, 4) is 5.75 Å². The first-order valence-electron chi connectivity index (χ1n) is 12.8. The van der Waals surface area contributed by atoms with Crippen LogP contribution in [0.1, 0.15) is 39.8 Å². The Balaban J connectivity index is 1.46. The van der Waals surface area contributed by atoms with Crippen LogP contribution in [0.15, 0.2) is 52.2 Å². The predicted octanol–water partition coefficient (Wildman–Crippen LogP) is 1.34. The molecule has 2 aromatic rings. The zero-order valence-corrected chi connectivity index (χ0v) is 23.3. The minimum absolute atomic E-state index is 0.0890. The highest BCUT2D eigenvalue weighted by Gasteiger charge is 2.56. The SMILES string of the molecule is C[C@H](NP(=O)(OC[C@H]1O[C@@H](n2ccc(=O)[nH]c2=O)[C@](C)(F)[C@@H]1O)Oc1ccccc1)C(=O)O[C@@H](C)C(=O)OC1CC1. The zero-order valence-electron chi connectivity index (χ0n) is 22.4. The van der Waals surface area contributed by atoms with Crippen LogP contribution in [0.25, 0.3) is 0 Å². The Morgan fingerprint density at radius 2 is 1.90 bits per heavy atom. The Morgan fingerprint density at radius 1 is 1.22 bits per heavy atom. The summed E-state index contributed by atoms with van der Waals surface area (Å²) in [6.07, 6.45) is -3.90. The molecule has 0 radical (unpaired) electrons. The van der Waals surface area contributed by atoms with Crippen LogP contribution in [0.4, 0.5) is 4.39 Å². The molecule has 2 heterocycles. The molecule has 14 nitrogen and oxygen atoms in total. The number of nitrogens with one attached hydrogen (secondary N) is 2. The van der Waals surface area contributed by atoms with Gasteiger partial charge in [-0.2, -0.15) is 5.09 Å². The number of hydrogen-bond acceptors (Lipinski definition) is 11. The summed E-state index contributed by atoms with van der Waals surface area (Å²) in [6, 6.07) is 7.45. The van der Waals surface area contributed by atoms with Gasteiger partial charge in [0.1, 0.15) is 30.1 Å². The molecule has 4 rings (SSSR count). The van der Waals surface area contributed by atoms with Crippen molar-refractivity contribution >= 4 is 19.7 Å². The number of esters is 2. The van der Waals surface area contributed by atoms with E-state index in [0.29, 0.717) is 0 Å². The van der Waals surface area contributed by atoms with Gasteiger partial charge in [0, 0.05) is 12.3 Å². The number of aromatic amines is 1. The number of aliphatic hydroxyl groups is 1. The number of halogens is 1. The number of para-hydroxylation sites is 1. The van der Waals surface area contributed by atoms with Crippen LogP contribution in [0, 0.1) is 0 Å². The van der Waals surface area contributed by atoms with E-state index in [1.54, 1.807) is 18.2 Å². The second kappa shape index (κ2) is 12.2. The average Bonchev–Trinajstić information content (AvgIpc) is 3.69. The lowest BCUT2D eigenvalue weighted by Crippen LogP contribution is -2.44. The Bertz CT molecular complexity index is 1410. The molecule has 1 aromatic carbocycles. The molecule has 1 unspecified atom stereocenters. The molecule has 1 saturated carbocycles. The van der Waals surface area contributed by atoms with E-state index in [9.17, 15) is 28.8 Å². The minimum Gasteiger partial charge on any atom is -0.460 e. The number of alkyl halides is 1. The molecule has 41 heavy (non-hydrogen) atoms. The third-order valence-electron chi connectivity index (χ3n) is 6.34. The number of hydrogen-bond donors (Lipinski definition) is 3. The van der Waals surface area contributed by atoms with E-state index in [2.05, 4.69) is 5.09 Å². The first-order chi connectivity index (χ1) is 19.3. The molecule has 0 amide bonds. The van der Waals surface area contributed by atoms with Crippen molar-refractivity contribution in [1.29, 1.82) is 0 Å². The van der Waals surface area contributed by atoms with Crippen molar-refractivity contribution in [3.63, 3.8) is 0 Å². The Morgan fingerprint density at radius 3 is 2.54 bits per heavy atom. The van der Waals surface area contributed by atoms with Gasteiger partial charge >= 0.3 is 25.4 Å². The van der Waals surface area contributed by atoms with Crippen molar-refractivity contribution in [2.75, 3.05) is 6.61 Å². The highest BCUT2D eigenvalue weighted by Crippen LogP contribution is 2.47. The molecule has 3 N–H and O–H groups in total. The maximum atomic E-state index is 15.5. The minimum atomic E-state index is -4.46. The number of carbonyl (C=O) groups excluding carboxylic acids is 2. The summed E-state index contributed by atoms with van der Waals surface area (Å²) in [4.78, 5) is 50.3. The lowest BCUT2D eigenvalue weighted by atomic mass is 9.98. The largest absolute Gasteiger partial charge is 0.460 e. The van der Waals surface area contributed by atoms with Gasteiger partial charge in [-0.25, -0.2) is 18.5 Å². The standard InChI is InChI=1S/C25H31FN3O11P/c1-14(21(32)37-15(2)22(33)38-16-9-10-16)28-41(35,40-17-7-5-4-6-8-17)36-13-18-20(31)25(3,26)23(39-18)29-12-11-19(30)27-24(29)34/h4-8,11-12,14-16,18,20,23,31H,9-10,13H2,1-3H3,(H,28,35)(H,27,30,34)/t14-,15-,18+,20+,23+,25+,41?/m0/s1. The molecule has 0 bridgehead atoms. The Hall–Kier alpha value is -3.36. The third-order valence-corrected chi connectivity index (χ3v) is 7.98. The number of aromatic nitrogens is 2. The number of nitrogens with zero attached hydrogens (tertiary/aromatic N) is 1. The smallest absolute Gasteiger partial charge is 0.459 e. The van der Waals surface area contributed by atoms with Crippen LogP contribution in [0.2, 0.25) is 0 Å². The fraction of sp³-hybridized carbons (Fsp3) is 0.520. The molecular weight excluding hydrogens is 568 g/mol. The molecule has 1 saturated heterocycles. The number of rotatable bonds is 12. The van der Waals surface area contributed by atoms with Gasteiger partial charge in [-0.15, -0.1) is 0 Å². The lowest BCUT2D eigenvalue weighted by molar-refractivity contribution is -0.168. The van der Waals surface area contributed by atoms with Gasteiger partial charge in [0.15, 0.2) is 18.0 Å². The van der Waals surface area contributed by atoms with Gasteiger partial charge in [0.05, 0.1) is 6.61 Å². The molecule has 1 aliphatic carbocycles. The van der Waals surface area contributed by atoms with Gasteiger partial charge in [0.25, 0.3) is 5.56 Å². The van der Waals surface area contributed by atoms with E-state index in [0.717, 1.165) is 36.6 Å². The van der Waals surface area contributed by atoms with Crippen LogP contribution in [-0.4, -0.2) is 69.3 Å². The highest BCUT2D eigenvalue weighted by molar-refractivity contribution is 7.52. The maximum Gasteiger partial charge on any atom is 0.459 e. The summed E-state index contributed by atoms with van der Waals surface area (Å²) in [5.74, 6) is -1.59. The summed E-state index contributed by atoms with van der Waals surface area (Å²) in [7, 11) is -4.46. The van der Waals surface area contributed by atoms with Crippen molar-refractivity contribution in [3.05, 3.63) is 63.4 Å². The summed E-state index contributed by atoms with van der Waals surface area (Å²) in [6.45, 7) is 2.91. The molecular formula is C25H31FN3O11P. The highest BCUT2D eigenvalue weighted by atomic mass is 31.2. The molecule has 16 heteroatoms. The number of aliphatic hydroxyl groups excluding tert-OH is 1. The zero-order chi connectivity index (χ0) is 29.9. The molecule has 7 atom stereocenters. The fourth-order valence-electron chi connectivity index (χ4n) is 3.90. The second-order valence-corrected chi connectivity index (χ2v) is 11.6. The average molecular weight is 600 g/mol. The third kappa shape index (κ3) is 7.49. The molecule has 0 spiro atoms. The van der Waals surface area contributed by atoms with Gasteiger partial charge < -0.3 is 23.8 Å². The van der Waals surface area contributed by atoms with Crippen LogP contribution < -0.4 is 20.9 Å². The van der Waals surface area contributed by atoms with Crippen LogP contribution in [0.5, 0.6) is 5.75 Å². The van der Waals surface area contributed by atoms with E-state index in [1.807, 2.05) is 4.98 Å². The summed E-state index contributed by atoms with van der Waals surface area (Å²) >= 11 is 0. The first kappa shape index (κ1) is 30.6. The molecule has 224 valence electrons. The number of ether oxygens (including phenoxy) is 3. The monoisotopic (exact) mass is 599 g/mol. The first-order valence-corrected chi connectivity index (χ1v) is 14.4. The van der Waals surface area contributed by atoms with Crippen molar-refractivity contribution < 1.29 is 46.9 Å². The van der Waals surface area contributed by atoms with Gasteiger partial charge in [-0.3, -0.25) is 23.7 Å². The summed E-state index contributed by atoms with van der Waals surface area (Å²) < 4.78 is 56.8. The van der Waals surface area contributed by atoms with Gasteiger partial charge in [-0.05, 0) is 45.7 Å². The van der Waals surface area contributed by atoms with E-state index >= 15 is 4.39 Å². The molecule has 1 aliphatic heterocycles. The summed E-state index contributed by atoms with van der Waals surface area (Å²) in [5, 5.41) is 13.0. The van der Waals surface area contributed by atoms with Crippen molar-refractivity contribution in [2.45, 2.75) is 76.0 Å². The Labute approximate surface area is 233 Å². The lowest BCUT2D eigenvalue weighted by Gasteiger charge is -2.25. The van der Waals surface area contributed by atoms with E-state index in [1.165, 1.54) is 26.0 Å². The topological polar surface area (TPSA) is 184 Å². The predicted molar refractivity (Wildman–Crippen MR) is 139 cm³/mol. The van der Waals surface area contributed by atoms with E-state index < -0.39 is 73.8 Å². The number of benzene rings is 1. The van der Waals surface area contributed by atoms with Crippen molar-refractivity contribution in [1.82, 2.24) is 14.6 Å². The van der Waals surface area contributed by atoms with E-state index in [-0.39, 0.29) is 11.9 Å². The molecule has 1 aromatic heterocycles. The van der Waals surface area contributed by atoms with Crippen LogP contribution in [-0.2, 0) is 32.9 Å². The van der Waals surface area contributed by atoms with Crippen molar-refractivity contribution in [2.24, 2.45) is 0 Å². The van der Waals surface area contributed by atoms with Crippen LogP contribution in [0.3, 0.4) is 0 Å². The second-order valence-electron chi connectivity index (χ2n) is 9.90. The van der Waals surface area contributed by atoms with Gasteiger partial charge in [-0.1, -0.05) is 18.2 Å². The van der Waals surface area contributed by atoms with Crippen LogP contribution >= 0.6 is 7.75 Å². The number of H-pyrrole nitrogens is 1. The number of carbonyl (C=O) groups is 2. The molecule has 2 aliphatic rings. The van der Waals surface area contributed by atoms with E-state index in [4.69, 9.17) is 23.3 Å². The normalized spacial score (nSPS) is 26.9. The fourth-order valence-corrected chi connectivity index (χ4v) is 5.41. The molecule has 2 fully saturated rings. The summed E-state index contributed by atoms with van der Waals surface area (Å²) in [5.41, 5.74) is -4.21.